The van der Waals surface area contributed by atoms with Crippen LogP contribution >= 0.6 is 0 Å². The third-order valence-corrected chi connectivity index (χ3v) is 5.36. The fraction of sp³-hybridized carbons (Fsp3) is 0.458. The molecule has 0 saturated carbocycles. The third-order valence-electron chi connectivity index (χ3n) is 5.36. The van der Waals surface area contributed by atoms with Gasteiger partial charge in [-0.15, -0.1) is 0 Å². The Labute approximate surface area is 168 Å². The molecule has 1 aliphatic rings. The van der Waals surface area contributed by atoms with E-state index in [1.807, 2.05) is 44.2 Å². The van der Waals surface area contributed by atoms with Gasteiger partial charge in [0, 0.05) is 12.0 Å². The molecule has 0 aliphatic carbocycles. The Morgan fingerprint density at radius 3 is 2.61 bits per heavy atom. The zero-order valence-corrected chi connectivity index (χ0v) is 17.8. The van der Waals surface area contributed by atoms with Crippen molar-refractivity contribution in [2.75, 3.05) is 0 Å². The second kappa shape index (κ2) is 7.86. The predicted molar refractivity (Wildman–Crippen MR) is 112 cm³/mol. The van der Waals surface area contributed by atoms with E-state index in [0.717, 1.165) is 34.6 Å². The van der Waals surface area contributed by atoms with Gasteiger partial charge in [0.25, 0.3) is 5.91 Å². The number of ether oxygens (including phenoxy) is 2. The molecule has 2 aromatic carbocycles. The minimum absolute atomic E-state index is 0.0871. The molecule has 0 fully saturated rings. The van der Waals surface area contributed by atoms with Crippen LogP contribution in [0.25, 0.3) is 0 Å². The molecule has 150 valence electrons. The molecule has 0 unspecified atom stereocenters. The van der Waals surface area contributed by atoms with Crippen LogP contribution in [0.15, 0.2) is 36.4 Å². The van der Waals surface area contributed by atoms with E-state index in [9.17, 15) is 4.79 Å². The van der Waals surface area contributed by atoms with Gasteiger partial charge >= 0.3 is 0 Å². The van der Waals surface area contributed by atoms with Crippen molar-refractivity contribution in [1.82, 2.24) is 5.32 Å². The maximum absolute atomic E-state index is 13.0. The summed E-state index contributed by atoms with van der Waals surface area (Å²) < 4.78 is 12.1. The Morgan fingerprint density at radius 2 is 1.93 bits per heavy atom. The summed E-state index contributed by atoms with van der Waals surface area (Å²) in [4.78, 5) is 13.0. The van der Waals surface area contributed by atoms with Crippen molar-refractivity contribution in [2.24, 2.45) is 0 Å². The Kier molecular flexibility index (Phi) is 5.69. The highest BCUT2D eigenvalue weighted by Gasteiger charge is 2.35. The Bertz CT molecular complexity index is 872. The minimum Gasteiger partial charge on any atom is -0.487 e. The molecular formula is C24H31NO3. The van der Waals surface area contributed by atoms with Gasteiger partial charge in [-0.25, -0.2) is 0 Å². The molecule has 1 aliphatic heterocycles. The molecule has 0 aromatic heterocycles. The van der Waals surface area contributed by atoms with Crippen LogP contribution in [0.4, 0.5) is 0 Å². The number of fused-ring (bicyclic) bond motifs is 1. The van der Waals surface area contributed by atoms with Crippen molar-refractivity contribution in [3.05, 3.63) is 58.7 Å². The fourth-order valence-corrected chi connectivity index (χ4v) is 3.64. The molecule has 1 N–H and O–H groups in total. The highest BCUT2D eigenvalue weighted by molar-refractivity contribution is 5.81. The second-order valence-electron chi connectivity index (χ2n) is 8.43. The lowest BCUT2D eigenvalue weighted by Crippen LogP contribution is -2.45. The summed E-state index contributed by atoms with van der Waals surface area (Å²) in [6.45, 7) is 12.2. The van der Waals surface area contributed by atoms with E-state index in [2.05, 4.69) is 39.1 Å². The average molecular weight is 382 g/mol. The molecule has 0 bridgehead atoms. The van der Waals surface area contributed by atoms with Crippen LogP contribution in [0.3, 0.4) is 0 Å². The Hall–Kier alpha value is -2.49. The summed E-state index contributed by atoms with van der Waals surface area (Å²) in [6, 6.07) is 12.0. The molecule has 0 saturated heterocycles. The normalized spacial score (nSPS) is 18.6. The molecule has 0 spiro atoms. The first kappa shape index (κ1) is 20.2. The van der Waals surface area contributed by atoms with E-state index in [-0.39, 0.29) is 17.6 Å². The highest BCUT2D eigenvalue weighted by atomic mass is 16.5. The van der Waals surface area contributed by atoms with E-state index in [1.165, 1.54) is 5.56 Å². The zero-order valence-electron chi connectivity index (χ0n) is 17.8. The van der Waals surface area contributed by atoms with Gasteiger partial charge in [0.2, 0.25) is 0 Å². The van der Waals surface area contributed by atoms with Crippen LogP contribution in [0.1, 0.15) is 61.9 Å². The smallest absolute Gasteiger partial charge is 0.261 e. The number of carbonyl (C=O) groups excluding carboxylic acids is 1. The first-order chi connectivity index (χ1) is 13.2. The number of benzene rings is 2. The first-order valence-corrected chi connectivity index (χ1v) is 10.0. The summed E-state index contributed by atoms with van der Waals surface area (Å²) in [5.74, 6) is 1.49. The number of nitrogens with one attached hydrogen (secondary N) is 1. The number of amides is 1. The maximum Gasteiger partial charge on any atom is 0.261 e. The largest absolute Gasteiger partial charge is 0.487 e. The van der Waals surface area contributed by atoms with E-state index in [0.29, 0.717) is 6.42 Å². The van der Waals surface area contributed by atoms with Gasteiger partial charge in [0.1, 0.15) is 17.1 Å². The topological polar surface area (TPSA) is 47.6 Å². The molecule has 4 nitrogen and oxygen atoms in total. The van der Waals surface area contributed by atoms with Crippen molar-refractivity contribution in [2.45, 2.75) is 72.1 Å². The Morgan fingerprint density at radius 1 is 1.18 bits per heavy atom. The lowest BCUT2D eigenvalue weighted by Gasteiger charge is -2.38. The van der Waals surface area contributed by atoms with Gasteiger partial charge in [-0.05, 0) is 70.4 Å². The van der Waals surface area contributed by atoms with Crippen molar-refractivity contribution < 1.29 is 14.3 Å². The van der Waals surface area contributed by atoms with Crippen molar-refractivity contribution in [3.8, 4) is 11.5 Å². The average Bonchev–Trinajstić information content (AvgIpc) is 2.62. The van der Waals surface area contributed by atoms with E-state index in [4.69, 9.17) is 9.47 Å². The predicted octanol–water partition coefficient (Wildman–Crippen LogP) is 5.19. The summed E-state index contributed by atoms with van der Waals surface area (Å²) in [5.41, 5.74) is 4.22. The van der Waals surface area contributed by atoms with Crippen LogP contribution in [0, 0.1) is 20.8 Å². The number of rotatable bonds is 5. The number of hydrogen-bond donors (Lipinski definition) is 1. The standard InChI is InChI=1S/C24H31NO3/c1-7-21(27-18-10-9-16(3)17(4)13-18)23(26)25-20-14-24(5,6)28-22-11-8-15(2)12-19(20)22/h8-13,20-21H,7,14H2,1-6H3,(H,25,26)/t20-,21-/m0/s1. The molecule has 3 rings (SSSR count). The van der Waals surface area contributed by atoms with Gasteiger partial charge in [-0.3, -0.25) is 4.79 Å². The van der Waals surface area contributed by atoms with Crippen LogP contribution in [-0.4, -0.2) is 17.6 Å². The molecule has 1 heterocycles. The SMILES string of the molecule is CC[C@H](Oc1ccc(C)c(C)c1)C(=O)N[C@H]1CC(C)(C)Oc2ccc(C)cc21. The van der Waals surface area contributed by atoms with E-state index in [1.54, 1.807) is 0 Å². The van der Waals surface area contributed by atoms with Gasteiger partial charge < -0.3 is 14.8 Å². The zero-order chi connectivity index (χ0) is 20.5. The molecule has 28 heavy (non-hydrogen) atoms. The van der Waals surface area contributed by atoms with Crippen LogP contribution < -0.4 is 14.8 Å². The summed E-state index contributed by atoms with van der Waals surface area (Å²) in [6.07, 6.45) is 0.794. The lowest BCUT2D eigenvalue weighted by molar-refractivity contribution is -0.129. The monoisotopic (exact) mass is 381 g/mol. The maximum atomic E-state index is 13.0. The van der Waals surface area contributed by atoms with Crippen molar-refractivity contribution in [1.29, 1.82) is 0 Å². The number of hydrogen-bond acceptors (Lipinski definition) is 3. The van der Waals surface area contributed by atoms with Crippen LogP contribution in [0.2, 0.25) is 0 Å². The lowest BCUT2D eigenvalue weighted by atomic mass is 9.88. The number of aryl methyl sites for hydroxylation is 3. The molecule has 2 atom stereocenters. The highest BCUT2D eigenvalue weighted by Crippen LogP contribution is 2.40. The van der Waals surface area contributed by atoms with Crippen molar-refractivity contribution in [3.63, 3.8) is 0 Å². The van der Waals surface area contributed by atoms with E-state index >= 15 is 0 Å². The van der Waals surface area contributed by atoms with E-state index < -0.39 is 6.10 Å². The Balaban J connectivity index is 1.78. The number of carbonyl (C=O) groups is 1. The second-order valence-corrected chi connectivity index (χ2v) is 8.43. The van der Waals surface area contributed by atoms with Gasteiger partial charge in [-0.1, -0.05) is 30.7 Å². The summed E-state index contributed by atoms with van der Waals surface area (Å²) in [7, 11) is 0. The van der Waals surface area contributed by atoms with Crippen LogP contribution in [0.5, 0.6) is 11.5 Å². The van der Waals surface area contributed by atoms with Gasteiger partial charge in [0.05, 0.1) is 6.04 Å². The minimum atomic E-state index is -0.527. The van der Waals surface area contributed by atoms with Gasteiger partial charge in [-0.2, -0.15) is 0 Å². The molecule has 4 heteroatoms. The van der Waals surface area contributed by atoms with Crippen LogP contribution in [-0.2, 0) is 4.79 Å². The van der Waals surface area contributed by atoms with Crippen molar-refractivity contribution >= 4 is 5.91 Å². The first-order valence-electron chi connectivity index (χ1n) is 10.0. The summed E-state index contributed by atoms with van der Waals surface area (Å²) >= 11 is 0. The van der Waals surface area contributed by atoms with Gasteiger partial charge in [0.15, 0.2) is 6.10 Å². The molecule has 1 amide bonds. The molecular weight excluding hydrogens is 350 g/mol. The molecule has 0 radical (unpaired) electrons. The third kappa shape index (κ3) is 4.49. The quantitative estimate of drug-likeness (QED) is 0.775. The summed E-state index contributed by atoms with van der Waals surface area (Å²) in [5, 5.41) is 3.21. The molecule has 2 aromatic rings. The fourth-order valence-electron chi connectivity index (χ4n) is 3.64.